The van der Waals surface area contributed by atoms with Crippen molar-refractivity contribution in [1.29, 1.82) is 0 Å². The van der Waals surface area contributed by atoms with E-state index in [1.165, 1.54) is 16.4 Å². The SMILES string of the molecule is CC[C@@H]1Oc2ccc(S(=O)(=O)N3CCNCC3)cc2NC1=O. The predicted octanol–water partition coefficient (Wildman–Crippen LogP) is 0.390. The normalized spacial score (nSPS) is 22.6. The second-order valence-electron chi connectivity index (χ2n) is 5.32. The van der Waals surface area contributed by atoms with Crippen molar-refractivity contribution in [2.24, 2.45) is 0 Å². The van der Waals surface area contributed by atoms with Gasteiger partial charge in [-0.05, 0) is 24.6 Å². The quantitative estimate of drug-likeness (QED) is 0.839. The molecule has 22 heavy (non-hydrogen) atoms. The molecule has 2 aliphatic heterocycles. The largest absolute Gasteiger partial charge is 0.478 e. The van der Waals surface area contributed by atoms with Crippen LogP contribution in [0.5, 0.6) is 5.75 Å². The Bertz CT molecular complexity index is 683. The molecular formula is C14H19N3O4S. The maximum absolute atomic E-state index is 12.6. The highest BCUT2D eigenvalue weighted by Gasteiger charge is 2.30. The third kappa shape index (κ3) is 2.69. The van der Waals surface area contributed by atoms with Crippen molar-refractivity contribution in [2.75, 3.05) is 31.5 Å². The second kappa shape index (κ2) is 5.86. The molecular weight excluding hydrogens is 306 g/mol. The van der Waals surface area contributed by atoms with E-state index >= 15 is 0 Å². The summed E-state index contributed by atoms with van der Waals surface area (Å²) >= 11 is 0. The summed E-state index contributed by atoms with van der Waals surface area (Å²) in [5.41, 5.74) is 0.408. The molecule has 1 atom stereocenters. The number of ether oxygens (including phenoxy) is 1. The van der Waals surface area contributed by atoms with Gasteiger partial charge >= 0.3 is 0 Å². The third-order valence-corrected chi connectivity index (χ3v) is 5.75. The Balaban J connectivity index is 1.90. The van der Waals surface area contributed by atoms with Gasteiger partial charge in [0.25, 0.3) is 5.91 Å². The van der Waals surface area contributed by atoms with Gasteiger partial charge in [-0.2, -0.15) is 4.31 Å². The van der Waals surface area contributed by atoms with Crippen molar-refractivity contribution in [1.82, 2.24) is 9.62 Å². The molecule has 0 spiro atoms. The number of hydrogen-bond donors (Lipinski definition) is 2. The Hall–Kier alpha value is -1.64. The van der Waals surface area contributed by atoms with Crippen LogP contribution in [0.4, 0.5) is 5.69 Å². The molecule has 0 aliphatic carbocycles. The number of amides is 1. The number of fused-ring (bicyclic) bond motifs is 1. The number of sulfonamides is 1. The fourth-order valence-electron chi connectivity index (χ4n) is 2.59. The van der Waals surface area contributed by atoms with E-state index in [2.05, 4.69) is 10.6 Å². The van der Waals surface area contributed by atoms with Gasteiger partial charge in [0.15, 0.2) is 6.10 Å². The molecule has 7 nitrogen and oxygen atoms in total. The lowest BCUT2D eigenvalue weighted by Crippen LogP contribution is -2.46. The van der Waals surface area contributed by atoms with Crippen LogP contribution in [-0.4, -0.2) is 50.9 Å². The van der Waals surface area contributed by atoms with Crippen molar-refractivity contribution in [2.45, 2.75) is 24.3 Å². The van der Waals surface area contributed by atoms with E-state index in [4.69, 9.17) is 4.74 Å². The molecule has 2 aliphatic rings. The van der Waals surface area contributed by atoms with E-state index in [9.17, 15) is 13.2 Å². The van der Waals surface area contributed by atoms with Crippen molar-refractivity contribution in [3.05, 3.63) is 18.2 Å². The summed E-state index contributed by atoms with van der Waals surface area (Å²) in [6, 6.07) is 4.60. The van der Waals surface area contributed by atoms with Crippen LogP contribution in [0.25, 0.3) is 0 Å². The Morgan fingerprint density at radius 2 is 2.05 bits per heavy atom. The molecule has 1 fully saturated rings. The zero-order valence-corrected chi connectivity index (χ0v) is 13.1. The van der Waals surface area contributed by atoms with E-state index in [1.54, 1.807) is 6.07 Å². The lowest BCUT2D eigenvalue weighted by Gasteiger charge is -2.28. The summed E-state index contributed by atoms with van der Waals surface area (Å²) < 4.78 is 32.3. The van der Waals surface area contributed by atoms with Gasteiger partial charge in [0, 0.05) is 26.2 Å². The third-order valence-electron chi connectivity index (χ3n) is 3.86. The van der Waals surface area contributed by atoms with Gasteiger partial charge in [-0.15, -0.1) is 0 Å². The number of rotatable bonds is 3. The lowest BCUT2D eigenvalue weighted by molar-refractivity contribution is -0.123. The van der Waals surface area contributed by atoms with Crippen molar-refractivity contribution >= 4 is 21.6 Å². The lowest BCUT2D eigenvalue weighted by atomic mass is 10.2. The molecule has 1 aromatic rings. The van der Waals surface area contributed by atoms with Gasteiger partial charge in [0.2, 0.25) is 10.0 Å². The van der Waals surface area contributed by atoms with Crippen LogP contribution in [0.15, 0.2) is 23.1 Å². The fourth-order valence-corrected chi connectivity index (χ4v) is 4.06. The van der Waals surface area contributed by atoms with Crippen LogP contribution in [0.2, 0.25) is 0 Å². The van der Waals surface area contributed by atoms with Crippen molar-refractivity contribution in [3.63, 3.8) is 0 Å². The number of piperazine rings is 1. The van der Waals surface area contributed by atoms with Crippen molar-refractivity contribution < 1.29 is 17.9 Å². The average Bonchev–Trinajstić information content (AvgIpc) is 2.54. The Morgan fingerprint density at radius 1 is 1.32 bits per heavy atom. The molecule has 2 heterocycles. The van der Waals surface area contributed by atoms with Gasteiger partial charge in [0.05, 0.1) is 10.6 Å². The summed E-state index contributed by atoms with van der Waals surface area (Å²) in [6.07, 6.45) is 0.0367. The molecule has 1 aromatic carbocycles. The van der Waals surface area contributed by atoms with Crippen LogP contribution < -0.4 is 15.4 Å². The molecule has 0 radical (unpaired) electrons. The first-order valence-electron chi connectivity index (χ1n) is 7.35. The summed E-state index contributed by atoms with van der Waals surface area (Å²) in [6.45, 7) is 4.03. The van der Waals surface area contributed by atoms with E-state index in [1.807, 2.05) is 6.92 Å². The maximum atomic E-state index is 12.6. The van der Waals surface area contributed by atoms with E-state index in [-0.39, 0.29) is 10.8 Å². The molecule has 0 aromatic heterocycles. The van der Waals surface area contributed by atoms with Crippen LogP contribution in [0.3, 0.4) is 0 Å². The van der Waals surface area contributed by atoms with Gasteiger partial charge in [-0.3, -0.25) is 4.79 Å². The Morgan fingerprint density at radius 3 is 2.73 bits per heavy atom. The molecule has 0 saturated carbocycles. The number of benzene rings is 1. The second-order valence-corrected chi connectivity index (χ2v) is 7.25. The number of nitrogens with zero attached hydrogens (tertiary/aromatic N) is 1. The molecule has 0 bridgehead atoms. The minimum absolute atomic E-state index is 0.173. The smallest absolute Gasteiger partial charge is 0.265 e. The number of anilines is 1. The minimum Gasteiger partial charge on any atom is -0.478 e. The number of nitrogens with one attached hydrogen (secondary N) is 2. The first-order valence-corrected chi connectivity index (χ1v) is 8.79. The zero-order chi connectivity index (χ0) is 15.7. The topological polar surface area (TPSA) is 87.7 Å². The van der Waals surface area contributed by atoms with Gasteiger partial charge < -0.3 is 15.4 Å². The molecule has 8 heteroatoms. The summed E-state index contributed by atoms with van der Waals surface area (Å²) in [7, 11) is -3.55. The standard InChI is InChI=1S/C14H19N3O4S/c1-2-12-14(18)16-11-9-10(3-4-13(11)21-12)22(19,20)17-7-5-15-6-8-17/h3-4,9,12,15H,2,5-8H2,1H3,(H,16,18)/t12-/m0/s1. The van der Waals surface area contributed by atoms with Gasteiger partial charge in [0.1, 0.15) is 5.75 Å². The Kier molecular flexibility index (Phi) is 4.07. The van der Waals surface area contributed by atoms with Crippen LogP contribution in [0, 0.1) is 0 Å². The number of carbonyl (C=O) groups is 1. The highest BCUT2D eigenvalue weighted by molar-refractivity contribution is 7.89. The van der Waals surface area contributed by atoms with Gasteiger partial charge in [-0.1, -0.05) is 6.92 Å². The molecule has 0 unspecified atom stereocenters. The first kappa shape index (κ1) is 15.3. The highest BCUT2D eigenvalue weighted by atomic mass is 32.2. The summed E-state index contributed by atoms with van der Waals surface area (Å²) in [5, 5.41) is 5.84. The number of carbonyl (C=O) groups excluding carboxylic acids is 1. The monoisotopic (exact) mass is 325 g/mol. The molecule has 1 saturated heterocycles. The van der Waals surface area contributed by atoms with Crippen LogP contribution >= 0.6 is 0 Å². The first-order chi connectivity index (χ1) is 10.5. The molecule has 2 N–H and O–H groups in total. The number of hydrogen-bond acceptors (Lipinski definition) is 5. The summed E-state index contributed by atoms with van der Waals surface area (Å²) in [4.78, 5) is 12.0. The average molecular weight is 325 g/mol. The van der Waals surface area contributed by atoms with Crippen LogP contribution in [0.1, 0.15) is 13.3 Å². The zero-order valence-electron chi connectivity index (χ0n) is 12.3. The summed E-state index contributed by atoms with van der Waals surface area (Å²) in [5.74, 6) is 0.262. The maximum Gasteiger partial charge on any atom is 0.265 e. The Labute approximate surface area is 129 Å². The van der Waals surface area contributed by atoms with E-state index in [0.717, 1.165) is 0 Å². The minimum atomic E-state index is -3.55. The van der Waals surface area contributed by atoms with Gasteiger partial charge in [-0.25, -0.2) is 8.42 Å². The molecule has 3 rings (SSSR count). The fraction of sp³-hybridized carbons (Fsp3) is 0.500. The van der Waals surface area contributed by atoms with Crippen LogP contribution in [-0.2, 0) is 14.8 Å². The van der Waals surface area contributed by atoms with Crippen molar-refractivity contribution in [3.8, 4) is 5.75 Å². The highest BCUT2D eigenvalue weighted by Crippen LogP contribution is 2.33. The van der Waals surface area contributed by atoms with E-state index < -0.39 is 16.1 Å². The predicted molar refractivity (Wildman–Crippen MR) is 81.4 cm³/mol. The molecule has 1 amide bonds. The molecule has 120 valence electrons. The van der Waals surface area contributed by atoms with E-state index in [0.29, 0.717) is 44.0 Å².